The van der Waals surface area contributed by atoms with Gasteiger partial charge in [-0.2, -0.15) is 0 Å². The van der Waals surface area contributed by atoms with Crippen LogP contribution in [0.4, 0.5) is 5.69 Å². The van der Waals surface area contributed by atoms with Gasteiger partial charge < -0.3 is 5.32 Å². The number of anilines is 1. The second-order valence-corrected chi connectivity index (χ2v) is 5.90. The quantitative estimate of drug-likeness (QED) is 0.857. The van der Waals surface area contributed by atoms with Crippen molar-refractivity contribution in [3.63, 3.8) is 0 Å². The predicted octanol–water partition coefficient (Wildman–Crippen LogP) is 4.44. The average Bonchev–Trinajstić information content (AvgIpc) is 2.90. The van der Waals surface area contributed by atoms with E-state index >= 15 is 0 Å². The number of carbonyl (C=O) groups is 1. The fraction of sp³-hybridized carbons (Fsp3) is 0.312. The summed E-state index contributed by atoms with van der Waals surface area (Å²) in [6.45, 7) is 4.27. The molecular weight excluding hydrogens is 254 g/mol. The minimum atomic E-state index is 0.0847. The molecule has 1 N–H and O–H groups in total. The van der Waals surface area contributed by atoms with E-state index < -0.39 is 0 Å². The van der Waals surface area contributed by atoms with Gasteiger partial charge in [0, 0.05) is 17.0 Å². The molecule has 2 nitrogen and oxygen atoms in total. The molecular formula is C16H19NOS. The van der Waals surface area contributed by atoms with Gasteiger partial charge in [0.25, 0.3) is 0 Å². The Morgan fingerprint density at radius 3 is 2.68 bits per heavy atom. The highest BCUT2D eigenvalue weighted by molar-refractivity contribution is 7.09. The summed E-state index contributed by atoms with van der Waals surface area (Å²) in [5.41, 5.74) is 2.13. The van der Waals surface area contributed by atoms with E-state index in [1.807, 2.05) is 29.6 Å². The topological polar surface area (TPSA) is 29.1 Å². The van der Waals surface area contributed by atoms with Crippen LogP contribution in [0.2, 0.25) is 0 Å². The predicted molar refractivity (Wildman–Crippen MR) is 81.8 cm³/mol. The minimum Gasteiger partial charge on any atom is -0.326 e. The minimum absolute atomic E-state index is 0.0847. The normalized spacial score (nSPS) is 10.7. The standard InChI is InChI=1S/C16H19NOS/c1-12(2)14-7-3-4-8-15(14)17-16(18)10-9-13-6-5-11-19-13/h3-8,11-12H,9-10H2,1-2H3,(H,17,18). The molecule has 100 valence electrons. The van der Waals surface area contributed by atoms with Crippen molar-refractivity contribution in [1.82, 2.24) is 0 Å². The van der Waals surface area contributed by atoms with Gasteiger partial charge in [-0.3, -0.25) is 4.79 Å². The van der Waals surface area contributed by atoms with E-state index in [9.17, 15) is 4.79 Å². The number of amides is 1. The van der Waals surface area contributed by atoms with Gasteiger partial charge in [0.1, 0.15) is 0 Å². The lowest BCUT2D eigenvalue weighted by Gasteiger charge is -2.13. The Bertz CT molecular complexity index is 531. The molecule has 0 aliphatic heterocycles. The van der Waals surface area contributed by atoms with Crippen molar-refractivity contribution in [1.29, 1.82) is 0 Å². The molecule has 1 amide bonds. The monoisotopic (exact) mass is 273 g/mol. The van der Waals surface area contributed by atoms with Gasteiger partial charge in [0.05, 0.1) is 0 Å². The van der Waals surface area contributed by atoms with E-state index in [2.05, 4.69) is 31.3 Å². The number of hydrogen-bond acceptors (Lipinski definition) is 2. The number of aryl methyl sites for hydroxylation is 1. The molecule has 2 aromatic rings. The first-order valence-electron chi connectivity index (χ1n) is 6.58. The summed E-state index contributed by atoms with van der Waals surface area (Å²) in [7, 11) is 0. The molecule has 2 rings (SSSR count). The second-order valence-electron chi connectivity index (χ2n) is 4.87. The van der Waals surface area contributed by atoms with Crippen molar-refractivity contribution >= 4 is 22.9 Å². The molecule has 1 aromatic heterocycles. The Labute approximate surface area is 118 Å². The summed E-state index contributed by atoms with van der Waals surface area (Å²) < 4.78 is 0. The van der Waals surface area contributed by atoms with Crippen molar-refractivity contribution in [2.75, 3.05) is 5.32 Å². The number of benzene rings is 1. The van der Waals surface area contributed by atoms with E-state index in [1.165, 1.54) is 10.4 Å². The van der Waals surface area contributed by atoms with Crippen molar-refractivity contribution < 1.29 is 4.79 Å². The molecule has 19 heavy (non-hydrogen) atoms. The first-order chi connectivity index (χ1) is 9.16. The third-order valence-electron chi connectivity index (χ3n) is 3.04. The molecule has 0 spiro atoms. The fourth-order valence-corrected chi connectivity index (χ4v) is 2.73. The Morgan fingerprint density at radius 1 is 1.21 bits per heavy atom. The van der Waals surface area contributed by atoms with E-state index in [-0.39, 0.29) is 5.91 Å². The fourth-order valence-electron chi connectivity index (χ4n) is 2.02. The number of nitrogens with one attached hydrogen (secondary N) is 1. The third kappa shape index (κ3) is 3.93. The van der Waals surface area contributed by atoms with E-state index in [4.69, 9.17) is 0 Å². The zero-order chi connectivity index (χ0) is 13.7. The molecule has 1 aromatic carbocycles. The molecule has 0 atom stereocenters. The van der Waals surface area contributed by atoms with Gasteiger partial charge in [0.15, 0.2) is 0 Å². The van der Waals surface area contributed by atoms with Crippen LogP contribution in [0.3, 0.4) is 0 Å². The molecule has 1 heterocycles. The molecule has 0 unspecified atom stereocenters. The summed E-state index contributed by atoms with van der Waals surface area (Å²) in [5.74, 6) is 0.496. The maximum Gasteiger partial charge on any atom is 0.224 e. The lowest BCUT2D eigenvalue weighted by atomic mass is 10.0. The Hall–Kier alpha value is -1.61. The number of thiophene rings is 1. The highest BCUT2D eigenvalue weighted by Gasteiger charge is 2.09. The largest absolute Gasteiger partial charge is 0.326 e. The zero-order valence-electron chi connectivity index (χ0n) is 11.3. The van der Waals surface area contributed by atoms with Crippen LogP contribution in [0, 0.1) is 0 Å². The maximum atomic E-state index is 12.0. The lowest BCUT2D eigenvalue weighted by molar-refractivity contribution is -0.116. The number of para-hydroxylation sites is 1. The van der Waals surface area contributed by atoms with Gasteiger partial charge in [-0.25, -0.2) is 0 Å². The van der Waals surface area contributed by atoms with Crippen LogP contribution in [0.5, 0.6) is 0 Å². The molecule has 0 bridgehead atoms. The first kappa shape index (κ1) is 13.8. The molecule has 0 saturated carbocycles. The highest BCUT2D eigenvalue weighted by Crippen LogP contribution is 2.23. The summed E-state index contributed by atoms with van der Waals surface area (Å²) in [5, 5.41) is 5.06. The van der Waals surface area contributed by atoms with Crippen LogP contribution in [-0.2, 0) is 11.2 Å². The number of hydrogen-bond donors (Lipinski definition) is 1. The van der Waals surface area contributed by atoms with Crippen molar-refractivity contribution in [3.8, 4) is 0 Å². The van der Waals surface area contributed by atoms with Gasteiger partial charge in [-0.1, -0.05) is 38.1 Å². The van der Waals surface area contributed by atoms with Crippen molar-refractivity contribution in [3.05, 3.63) is 52.2 Å². The first-order valence-corrected chi connectivity index (χ1v) is 7.46. The SMILES string of the molecule is CC(C)c1ccccc1NC(=O)CCc1cccs1. The summed E-state index contributed by atoms with van der Waals surface area (Å²) in [4.78, 5) is 13.2. The van der Waals surface area contributed by atoms with Crippen LogP contribution < -0.4 is 5.32 Å². The molecule has 0 radical (unpaired) electrons. The highest BCUT2D eigenvalue weighted by atomic mass is 32.1. The molecule has 3 heteroatoms. The summed E-state index contributed by atoms with van der Waals surface area (Å²) >= 11 is 1.70. The van der Waals surface area contributed by atoms with E-state index in [0.717, 1.165) is 12.1 Å². The lowest BCUT2D eigenvalue weighted by Crippen LogP contribution is -2.13. The van der Waals surface area contributed by atoms with E-state index in [1.54, 1.807) is 11.3 Å². The maximum absolute atomic E-state index is 12.0. The number of carbonyl (C=O) groups excluding carboxylic acids is 1. The van der Waals surface area contributed by atoms with E-state index in [0.29, 0.717) is 12.3 Å². The van der Waals surface area contributed by atoms with Gasteiger partial charge in [0.2, 0.25) is 5.91 Å². The van der Waals surface area contributed by atoms with Gasteiger partial charge in [-0.15, -0.1) is 11.3 Å². The van der Waals surface area contributed by atoms with Crippen LogP contribution >= 0.6 is 11.3 Å². The molecule has 0 fully saturated rings. The van der Waals surface area contributed by atoms with Crippen LogP contribution in [0.15, 0.2) is 41.8 Å². The second kappa shape index (κ2) is 6.53. The number of rotatable bonds is 5. The van der Waals surface area contributed by atoms with Crippen LogP contribution in [-0.4, -0.2) is 5.91 Å². The average molecular weight is 273 g/mol. The van der Waals surface area contributed by atoms with Crippen LogP contribution in [0.25, 0.3) is 0 Å². The smallest absolute Gasteiger partial charge is 0.224 e. The Kier molecular flexibility index (Phi) is 4.74. The zero-order valence-corrected chi connectivity index (χ0v) is 12.2. The van der Waals surface area contributed by atoms with Gasteiger partial charge in [-0.05, 0) is 35.4 Å². The third-order valence-corrected chi connectivity index (χ3v) is 3.97. The summed E-state index contributed by atoms with van der Waals surface area (Å²) in [6, 6.07) is 12.1. The Morgan fingerprint density at radius 2 is 2.00 bits per heavy atom. The van der Waals surface area contributed by atoms with Crippen LogP contribution in [0.1, 0.15) is 36.6 Å². The summed E-state index contributed by atoms with van der Waals surface area (Å²) in [6.07, 6.45) is 1.35. The van der Waals surface area contributed by atoms with Crippen molar-refractivity contribution in [2.45, 2.75) is 32.6 Å². The molecule has 0 aliphatic carbocycles. The van der Waals surface area contributed by atoms with Gasteiger partial charge >= 0.3 is 0 Å². The Balaban J connectivity index is 1.95. The molecule has 0 aliphatic rings. The van der Waals surface area contributed by atoms with Crippen molar-refractivity contribution in [2.24, 2.45) is 0 Å². The molecule has 0 saturated heterocycles.